The fourth-order valence-electron chi connectivity index (χ4n) is 2.12. The Kier molecular flexibility index (Phi) is 4.70. The Labute approximate surface area is 112 Å². The van der Waals surface area contributed by atoms with Crippen LogP contribution in [0.1, 0.15) is 12.1 Å². The molecule has 2 aromatic heterocycles. The van der Waals surface area contributed by atoms with Crippen molar-refractivity contribution in [1.29, 1.82) is 0 Å². The van der Waals surface area contributed by atoms with Gasteiger partial charge in [0.15, 0.2) is 5.82 Å². The minimum absolute atomic E-state index is 0.100. The molecule has 0 unspecified atom stereocenters. The van der Waals surface area contributed by atoms with Crippen molar-refractivity contribution in [2.75, 3.05) is 38.3 Å². The number of aliphatic hydroxyl groups is 1. The average Bonchev–Trinajstić information content (AvgIpc) is 2.78. The van der Waals surface area contributed by atoms with Gasteiger partial charge in [0.2, 0.25) is 0 Å². The monoisotopic (exact) mass is 264 g/mol. The van der Waals surface area contributed by atoms with E-state index in [2.05, 4.69) is 15.0 Å². The summed E-state index contributed by atoms with van der Waals surface area (Å²) in [5.74, 6) is 0.855. The lowest BCUT2D eigenvalue weighted by Crippen LogP contribution is -2.29. The van der Waals surface area contributed by atoms with Gasteiger partial charge in [-0.3, -0.25) is 0 Å². The molecule has 19 heavy (non-hydrogen) atoms. The smallest absolute Gasteiger partial charge is 0.154 e. The van der Waals surface area contributed by atoms with Crippen molar-refractivity contribution in [3.63, 3.8) is 0 Å². The topological polar surface area (TPSA) is 62.9 Å². The summed E-state index contributed by atoms with van der Waals surface area (Å²) in [5, 5.41) is 13.6. The Bertz CT molecular complexity index is 526. The number of nitrogens with zero attached hydrogens (tertiary/aromatic N) is 4. The van der Waals surface area contributed by atoms with Gasteiger partial charge in [-0.05, 0) is 19.4 Å². The van der Waals surface area contributed by atoms with E-state index in [1.54, 1.807) is 13.3 Å². The molecule has 2 rings (SSSR count). The molecular formula is C13H20N4O2. The standard InChI is InChI=1S/C13H20N4O2/c1-11-10-12-13(14-4-6-17(12)15-11)16(7-8-18)5-3-9-19-2/h4,6,10,18H,3,5,7-9H2,1-2H3. The molecule has 1 N–H and O–H groups in total. The number of hydrogen-bond donors (Lipinski definition) is 1. The molecule has 0 spiro atoms. The molecule has 0 amide bonds. The van der Waals surface area contributed by atoms with Crippen LogP contribution >= 0.6 is 0 Å². The zero-order valence-corrected chi connectivity index (χ0v) is 11.4. The van der Waals surface area contributed by atoms with E-state index in [1.807, 2.05) is 23.7 Å². The van der Waals surface area contributed by atoms with Crippen LogP contribution in [0.2, 0.25) is 0 Å². The van der Waals surface area contributed by atoms with Crippen molar-refractivity contribution in [2.45, 2.75) is 13.3 Å². The first-order valence-electron chi connectivity index (χ1n) is 6.42. The Morgan fingerprint density at radius 3 is 3.00 bits per heavy atom. The molecule has 6 nitrogen and oxygen atoms in total. The van der Waals surface area contributed by atoms with E-state index in [1.165, 1.54) is 0 Å². The molecule has 6 heteroatoms. The number of methoxy groups -OCH3 is 1. The van der Waals surface area contributed by atoms with Crippen LogP contribution in [0.4, 0.5) is 5.82 Å². The number of aryl methyl sites for hydroxylation is 1. The fraction of sp³-hybridized carbons (Fsp3) is 0.538. The Morgan fingerprint density at radius 2 is 2.26 bits per heavy atom. The second-order valence-corrected chi connectivity index (χ2v) is 4.42. The molecule has 2 heterocycles. The second kappa shape index (κ2) is 6.49. The number of anilines is 1. The largest absolute Gasteiger partial charge is 0.395 e. The average molecular weight is 264 g/mol. The summed E-state index contributed by atoms with van der Waals surface area (Å²) in [4.78, 5) is 6.50. The Morgan fingerprint density at radius 1 is 1.42 bits per heavy atom. The lowest BCUT2D eigenvalue weighted by Gasteiger charge is -2.23. The maximum absolute atomic E-state index is 9.21. The van der Waals surface area contributed by atoms with Crippen molar-refractivity contribution in [3.05, 3.63) is 24.2 Å². The van der Waals surface area contributed by atoms with E-state index in [0.717, 1.165) is 30.0 Å². The van der Waals surface area contributed by atoms with Crippen LogP contribution in [-0.4, -0.2) is 53.1 Å². The first-order chi connectivity index (χ1) is 9.26. The van der Waals surface area contributed by atoms with Crippen molar-refractivity contribution in [1.82, 2.24) is 14.6 Å². The summed E-state index contributed by atoms with van der Waals surface area (Å²) in [6.45, 7) is 4.11. The molecule has 0 aliphatic rings. The highest BCUT2D eigenvalue weighted by Gasteiger charge is 2.12. The predicted octanol–water partition coefficient (Wildman–Crippen LogP) is 0.873. The maximum Gasteiger partial charge on any atom is 0.154 e. The van der Waals surface area contributed by atoms with Crippen molar-refractivity contribution >= 4 is 11.3 Å². The molecule has 0 saturated carbocycles. The van der Waals surface area contributed by atoms with Gasteiger partial charge in [0.25, 0.3) is 0 Å². The Hall–Kier alpha value is -1.66. The first kappa shape index (κ1) is 13.8. The van der Waals surface area contributed by atoms with Crippen LogP contribution in [0.5, 0.6) is 0 Å². The highest BCUT2D eigenvalue weighted by Crippen LogP contribution is 2.19. The van der Waals surface area contributed by atoms with E-state index in [-0.39, 0.29) is 6.61 Å². The highest BCUT2D eigenvalue weighted by molar-refractivity contribution is 5.69. The van der Waals surface area contributed by atoms with Gasteiger partial charge in [0.1, 0.15) is 5.52 Å². The van der Waals surface area contributed by atoms with Crippen LogP contribution in [0, 0.1) is 6.92 Å². The normalized spacial score (nSPS) is 11.1. The molecule has 0 aliphatic heterocycles. The Balaban J connectivity index is 2.26. The van der Waals surface area contributed by atoms with Gasteiger partial charge >= 0.3 is 0 Å². The molecule has 0 fully saturated rings. The third-order valence-electron chi connectivity index (χ3n) is 2.94. The van der Waals surface area contributed by atoms with Crippen LogP contribution in [0.15, 0.2) is 18.5 Å². The molecule has 0 saturated heterocycles. The van der Waals surface area contributed by atoms with E-state index in [4.69, 9.17) is 4.74 Å². The molecule has 0 radical (unpaired) electrons. The third-order valence-corrected chi connectivity index (χ3v) is 2.94. The molecule has 0 bridgehead atoms. The number of aliphatic hydroxyl groups excluding tert-OH is 1. The van der Waals surface area contributed by atoms with Crippen molar-refractivity contribution in [2.24, 2.45) is 0 Å². The van der Waals surface area contributed by atoms with Crippen LogP contribution in [0.25, 0.3) is 5.52 Å². The van der Waals surface area contributed by atoms with Gasteiger partial charge in [-0.2, -0.15) is 5.10 Å². The fourth-order valence-corrected chi connectivity index (χ4v) is 2.12. The van der Waals surface area contributed by atoms with Crippen LogP contribution < -0.4 is 4.90 Å². The van der Waals surface area contributed by atoms with Gasteiger partial charge in [-0.25, -0.2) is 9.50 Å². The summed E-state index contributed by atoms with van der Waals surface area (Å²) in [7, 11) is 1.69. The van der Waals surface area contributed by atoms with Crippen molar-refractivity contribution in [3.8, 4) is 0 Å². The molecule has 104 valence electrons. The SMILES string of the molecule is COCCCN(CCO)c1nccn2nc(C)cc12. The summed E-state index contributed by atoms with van der Waals surface area (Å²) < 4.78 is 6.89. The van der Waals surface area contributed by atoms with Gasteiger partial charge < -0.3 is 14.7 Å². The zero-order valence-electron chi connectivity index (χ0n) is 11.4. The van der Waals surface area contributed by atoms with Crippen molar-refractivity contribution < 1.29 is 9.84 Å². The summed E-state index contributed by atoms with van der Waals surface area (Å²) >= 11 is 0. The van der Waals surface area contributed by atoms with Gasteiger partial charge in [0.05, 0.1) is 12.3 Å². The van der Waals surface area contributed by atoms with E-state index >= 15 is 0 Å². The summed E-state index contributed by atoms with van der Waals surface area (Å²) in [6, 6.07) is 2.00. The minimum Gasteiger partial charge on any atom is -0.395 e. The maximum atomic E-state index is 9.21. The van der Waals surface area contributed by atoms with E-state index in [0.29, 0.717) is 13.2 Å². The minimum atomic E-state index is 0.100. The number of rotatable bonds is 7. The summed E-state index contributed by atoms with van der Waals surface area (Å²) in [6.07, 6.45) is 4.46. The second-order valence-electron chi connectivity index (χ2n) is 4.42. The lowest BCUT2D eigenvalue weighted by molar-refractivity contribution is 0.195. The molecule has 0 aliphatic carbocycles. The third kappa shape index (κ3) is 3.21. The zero-order chi connectivity index (χ0) is 13.7. The lowest BCUT2D eigenvalue weighted by atomic mass is 10.3. The van der Waals surface area contributed by atoms with E-state index < -0.39 is 0 Å². The van der Waals surface area contributed by atoms with Gasteiger partial charge in [-0.15, -0.1) is 0 Å². The highest BCUT2D eigenvalue weighted by atomic mass is 16.5. The first-order valence-corrected chi connectivity index (χ1v) is 6.42. The van der Waals surface area contributed by atoms with Crippen LogP contribution in [-0.2, 0) is 4.74 Å². The summed E-state index contributed by atoms with van der Waals surface area (Å²) in [5.41, 5.74) is 1.92. The number of hydrogen-bond acceptors (Lipinski definition) is 5. The predicted molar refractivity (Wildman–Crippen MR) is 73.5 cm³/mol. The van der Waals surface area contributed by atoms with E-state index in [9.17, 15) is 5.11 Å². The van der Waals surface area contributed by atoms with Gasteiger partial charge in [0, 0.05) is 39.2 Å². The number of aromatic nitrogens is 3. The number of ether oxygens (including phenoxy) is 1. The molecular weight excluding hydrogens is 244 g/mol. The van der Waals surface area contributed by atoms with Gasteiger partial charge in [-0.1, -0.05) is 0 Å². The quantitative estimate of drug-likeness (QED) is 0.752. The number of fused-ring (bicyclic) bond motifs is 1. The van der Waals surface area contributed by atoms with Crippen LogP contribution in [0.3, 0.4) is 0 Å². The molecule has 0 atom stereocenters. The molecule has 2 aromatic rings. The molecule has 0 aromatic carbocycles.